The molecule has 0 rings (SSSR count). The van der Waals surface area contributed by atoms with Crippen LogP contribution in [0.4, 0.5) is 0 Å². The molecule has 0 aliphatic heterocycles. The van der Waals surface area contributed by atoms with Crippen LogP contribution in [0.25, 0.3) is 0 Å². The van der Waals surface area contributed by atoms with Crippen LogP contribution in [0.2, 0.25) is 0 Å². The molecule has 0 saturated carbocycles. The molecule has 0 bridgehead atoms. The maximum Gasteiger partial charge on any atom is 0.306 e. The minimum Gasteiger partial charge on any atom is -0.544 e. The molecule has 0 spiro atoms. The highest BCUT2D eigenvalue weighted by Crippen LogP contribution is 2.11. The first-order chi connectivity index (χ1) is 22.6. The Morgan fingerprint density at radius 1 is 0.660 bits per heavy atom. The second-order valence-electron chi connectivity index (χ2n) is 13.1. The fourth-order valence-corrected chi connectivity index (χ4v) is 4.85. The zero-order valence-corrected chi connectivity index (χ0v) is 30.4. The normalized spacial score (nSPS) is 13.6. The molecule has 8 nitrogen and oxygen atoms in total. The Morgan fingerprint density at radius 3 is 1.83 bits per heavy atom. The van der Waals surface area contributed by atoms with Crippen LogP contribution in [0, 0.1) is 0 Å². The molecule has 0 aromatic heterocycles. The van der Waals surface area contributed by atoms with Crippen molar-refractivity contribution in [3.63, 3.8) is 0 Å². The van der Waals surface area contributed by atoms with Crippen molar-refractivity contribution in [3.05, 3.63) is 48.6 Å². The molecule has 0 amide bonds. The molecule has 270 valence electrons. The molecule has 2 unspecified atom stereocenters. The Bertz CT molecular complexity index is 917. The minimum atomic E-state index is -1.14. The van der Waals surface area contributed by atoms with Crippen LogP contribution in [-0.2, 0) is 28.6 Å². The average Bonchev–Trinajstić information content (AvgIpc) is 3.01. The highest BCUT2D eigenvalue weighted by Gasteiger charge is 2.25. The molecule has 0 fully saturated rings. The van der Waals surface area contributed by atoms with Crippen LogP contribution >= 0.6 is 0 Å². The van der Waals surface area contributed by atoms with Gasteiger partial charge >= 0.3 is 11.9 Å². The van der Waals surface area contributed by atoms with Crippen LogP contribution in [-0.4, -0.2) is 75.5 Å². The Balaban J connectivity index is 4.50. The van der Waals surface area contributed by atoms with E-state index in [0.29, 0.717) is 12.8 Å². The maximum absolute atomic E-state index is 12.5. The highest BCUT2D eigenvalue weighted by atomic mass is 16.6. The molecular weight excluding hydrogens is 594 g/mol. The summed E-state index contributed by atoms with van der Waals surface area (Å²) in [4.78, 5) is 36.5. The number of aliphatic carboxylic acids is 1. The van der Waals surface area contributed by atoms with Gasteiger partial charge in [-0.3, -0.25) is 9.59 Å². The molecule has 0 heterocycles. The van der Waals surface area contributed by atoms with Crippen LogP contribution in [0.3, 0.4) is 0 Å². The Labute approximate surface area is 286 Å². The second kappa shape index (κ2) is 30.6. The molecule has 47 heavy (non-hydrogen) atoms. The minimum absolute atomic E-state index is 0.0206. The predicted octanol–water partition coefficient (Wildman–Crippen LogP) is 7.57. The number of ether oxygens (including phenoxy) is 3. The summed E-state index contributed by atoms with van der Waals surface area (Å²) >= 11 is 0. The third kappa shape index (κ3) is 29.2. The lowest BCUT2D eigenvalue weighted by molar-refractivity contribution is -0.889. The predicted molar refractivity (Wildman–Crippen MR) is 189 cm³/mol. The molecule has 0 N–H and O–H groups in total. The third-order valence-electron chi connectivity index (χ3n) is 7.70. The number of carbonyl (C=O) groups excluding carboxylic acids is 3. The topological polar surface area (TPSA) is 102 Å². The van der Waals surface area contributed by atoms with Crippen molar-refractivity contribution >= 4 is 17.9 Å². The summed E-state index contributed by atoms with van der Waals surface area (Å²) in [5.74, 6) is -1.82. The SMILES string of the molecule is CC/C=C/C/C=C/C/C=C/CCCCCCC(=O)OCC(COCCC(C(=O)[O-])[N+](C)(C)C)OC(=O)CCC/C=C/CCCCCC. The fraction of sp³-hybridized carbons (Fsp3) is 0.718. The molecule has 0 saturated heterocycles. The van der Waals surface area contributed by atoms with Crippen LogP contribution in [0.15, 0.2) is 48.6 Å². The molecule has 0 radical (unpaired) electrons. The van der Waals surface area contributed by atoms with Gasteiger partial charge in [0.15, 0.2) is 6.10 Å². The summed E-state index contributed by atoms with van der Waals surface area (Å²) in [5.41, 5.74) is 0. The van der Waals surface area contributed by atoms with E-state index in [2.05, 4.69) is 62.5 Å². The molecule has 2 atom stereocenters. The van der Waals surface area contributed by atoms with Gasteiger partial charge in [0, 0.05) is 19.3 Å². The lowest BCUT2D eigenvalue weighted by atomic mass is 10.1. The Morgan fingerprint density at radius 2 is 1.21 bits per heavy atom. The van der Waals surface area contributed by atoms with Gasteiger partial charge in [-0.05, 0) is 64.2 Å². The monoisotopic (exact) mass is 661 g/mol. The Hall–Kier alpha value is -2.71. The summed E-state index contributed by atoms with van der Waals surface area (Å²) in [6.45, 7) is 4.42. The first kappa shape index (κ1) is 44.3. The van der Waals surface area contributed by atoms with Crippen LogP contribution in [0.1, 0.15) is 129 Å². The van der Waals surface area contributed by atoms with Crippen molar-refractivity contribution in [1.82, 2.24) is 0 Å². The quantitative estimate of drug-likeness (QED) is 0.0327. The molecule has 0 aliphatic rings. The zero-order valence-electron chi connectivity index (χ0n) is 30.4. The summed E-state index contributed by atoms with van der Waals surface area (Å²) in [7, 11) is 5.37. The number of carboxylic acid groups (broad SMARTS) is 1. The van der Waals surface area contributed by atoms with E-state index in [1.807, 2.05) is 0 Å². The van der Waals surface area contributed by atoms with Gasteiger partial charge in [0.25, 0.3) is 0 Å². The van der Waals surface area contributed by atoms with Gasteiger partial charge in [-0.1, -0.05) is 94.6 Å². The van der Waals surface area contributed by atoms with Gasteiger partial charge < -0.3 is 28.6 Å². The van der Waals surface area contributed by atoms with Gasteiger partial charge in [-0.15, -0.1) is 0 Å². The van der Waals surface area contributed by atoms with Crippen molar-refractivity contribution in [2.75, 3.05) is 41.0 Å². The van der Waals surface area contributed by atoms with Crippen LogP contribution < -0.4 is 5.11 Å². The molecule has 0 aliphatic carbocycles. The molecular formula is C39H67NO7. The second-order valence-corrected chi connectivity index (χ2v) is 13.1. The first-order valence-corrected chi connectivity index (χ1v) is 18.2. The molecule has 0 aromatic rings. The van der Waals surface area contributed by atoms with Gasteiger partial charge in [-0.25, -0.2) is 0 Å². The number of allylic oxidation sites excluding steroid dienone is 8. The van der Waals surface area contributed by atoms with Crippen molar-refractivity contribution in [2.24, 2.45) is 0 Å². The van der Waals surface area contributed by atoms with E-state index in [1.165, 1.54) is 25.7 Å². The number of carboxylic acids is 1. The van der Waals surface area contributed by atoms with E-state index < -0.39 is 18.1 Å². The van der Waals surface area contributed by atoms with Crippen molar-refractivity contribution in [1.29, 1.82) is 0 Å². The number of hydrogen-bond acceptors (Lipinski definition) is 7. The van der Waals surface area contributed by atoms with E-state index in [1.54, 1.807) is 21.1 Å². The van der Waals surface area contributed by atoms with E-state index in [4.69, 9.17) is 14.2 Å². The number of esters is 2. The standard InChI is InChI=1S/C39H67NO7/c1-6-8-10-12-14-16-17-18-19-20-22-23-25-27-29-37(41)46-34-35(33-45-32-31-36(39(43)44)40(3,4)5)47-38(42)30-28-26-24-21-15-13-11-9-7-2/h8,10,14,16,18-19,21,24,35-36H,6-7,9,11-13,15,17,20,22-23,25-34H2,1-5H3/b10-8+,16-14+,19-18+,24-21+. The van der Waals surface area contributed by atoms with Crippen molar-refractivity contribution in [2.45, 2.75) is 142 Å². The highest BCUT2D eigenvalue weighted by molar-refractivity contribution is 5.70. The molecule has 0 aromatic carbocycles. The van der Waals surface area contributed by atoms with Gasteiger partial charge in [0.05, 0.1) is 40.3 Å². The number of nitrogens with zero attached hydrogens (tertiary/aromatic N) is 1. The lowest BCUT2D eigenvalue weighted by Crippen LogP contribution is -2.55. The van der Waals surface area contributed by atoms with Gasteiger partial charge in [0.2, 0.25) is 0 Å². The van der Waals surface area contributed by atoms with Gasteiger partial charge in [-0.2, -0.15) is 0 Å². The summed E-state index contributed by atoms with van der Waals surface area (Å²) in [6.07, 6.45) is 32.9. The smallest absolute Gasteiger partial charge is 0.306 e. The zero-order chi connectivity index (χ0) is 35.0. The van der Waals surface area contributed by atoms with E-state index in [-0.39, 0.29) is 49.1 Å². The first-order valence-electron chi connectivity index (χ1n) is 18.2. The van der Waals surface area contributed by atoms with Crippen molar-refractivity contribution < 1.29 is 38.2 Å². The molecule has 8 heteroatoms. The van der Waals surface area contributed by atoms with Crippen LogP contribution in [0.5, 0.6) is 0 Å². The van der Waals surface area contributed by atoms with Crippen molar-refractivity contribution in [3.8, 4) is 0 Å². The van der Waals surface area contributed by atoms with Gasteiger partial charge in [0.1, 0.15) is 12.6 Å². The fourth-order valence-electron chi connectivity index (χ4n) is 4.85. The Kier molecular flexibility index (Phi) is 28.8. The summed E-state index contributed by atoms with van der Waals surface area (Å²) in [5, 5.41) is 11.5. The number of unbranched alkanes of at least 4 members (excludes halogenated alkanes) is 9. The summed E-state index contributed by atoms with van der Waals surface area (Å²) in [6, 6.07) is -0.732. The maximum atomic E-state index is 12.5. The third-order valence-corrected chi connectivity index (χ3v) is 7.70. The van der Waals surface area contributed by atoms with E-state index in [0.717, 1.165) is 64.2 Å². The summed E-state index contributed by atoms with van der Waals surface area (Å²) < 4.78 is 17.0. The largest absolute Gasteiger partial charge is 0.544 e. The lowest BCUT2D eigenvalue weighted by Gasteiger charge is -2.34. The number of likely N-dealkylation sites (N-methyl/N-ethyl adjacent to an activating group) is 1. The number of hydrogen-bond donors (Lipinski definition) is 0. The van der Waals surface area contributed by atoms with E-state index >= 15 is 0 Å². The number of rotatable bonds is 31. The number of carbonyl (C=O) groups is 3. The number of quaternary nitrogens is 1. The average molecular weight is 662 g/mol. The van der Waals surface area contributed by atoms with E-state index in [9.17, 15) is 19.5 Å².